The average Bonchev–Trinajstić information content (AvgIpc) is 2.62. The second-order valence-electron chi connectivity index (χ2n) is 6.25. The summed E-state index contributed by atoms with van der Waals surface area (Å²) in [4.78, 5) is 14.3. The molecule has 3 aromatic rings. The highest BCUT2D eigenvalue weighted by Crippen LogP contribution is 2.26. The van der Waals surface area contributed by atoms with Gasteiger partial charge < -0.3 is 15.5 Å². The number of likely N-dealkylation sites (N-methyl/N-ethyl adjacent to an activating group) is 1. The maximum atomic E-state index is 12.2. The summed E-state index contributed by atoms with van der Waals surface area (Å²) in [7, 11) is 4.06. The average molecular weight is 333 g/mol. The molecule has 0 radical (unpaired) electrons. The minimum Gasteiger partial charge on any atom is -0.336 e. The van der Waals surface area contributed by atoms with Crippen molar-refractivity contribution in [2.75, 3.05) is 26.0 Å². The van der Waals surface area contributed by atoms with Crippen LogP contribution in [0.15, 0.2) is 72.8 Å². The fourth-order valence-corrected chi connectivity index (χ4v) is 3.00. The quantitative estimate of drug-likeness (QED) is 0.732. The summed E-state index contributed by atoms with van der Waals surface area (Å²) < 4.78 is 0. The Morgan fingerprint density at radius 2 is 1.60 bits per heavy atom. The van der Waals surface area contributed by atoms with Crippen LogP contribution in [0.1, 0.15) is 11.6 Å². The summed E-state index contributed by atoms with van der Waals surface area (Å²) in [5.41, 5.74) is 2.00. The molecule has 0 bridgehead atoms. The van der Waals surface area contributed by atoms with E-state index < -0.39 is 0 Å². The lowest BCUT2D eigenvalue weighted by molar-refractivity contribution is 0.243. The maximum Gasteiger partial charge on any atom is 0.319 e. The van der Waals surface area contributed by atoms with E-state index in [1.165, 1.54) is 16.3 Å². The van der Waals surface area contributed by atoms with Gasteiger partial charge in [-0.2, -0.15) is 0 Å². The molecule has 0 aromatic heterocycles. The lowest BCUT2D eigenvalue weighted by Crippen LogP contribution is -2.37. The summed E-state index contributed by atoms with van der Waals surface area (Å²) in [6, 6.07) is 24.0. The van der Waals surface area contributed by atoms with Crippen molar-refractivity contribution in [2.45, 2.75) is 6.04 Å². The Bertz CT molecular complexity index is 841. The number of hydrogen-bond donors (Lipinski definition) is 2. The van der Waals surface area contributed by atoms with E-state index >= 15 is 0 Å². The van der Waals surface area contributed by atoms with Crippen LogP contribution in [0, 0.1) is 0 Å². The lowest BCUT2D eigenvalue weighted by Gasteiger charge is -2.26. The Morgan fingerprint density at radius 3 is 2.36 bits per heavy atom. The molecule has 25 heavy (non-hydrogen) atoms. The molecule has 0 heterocycles. The van der Waals surface area contributed by atoms with Crippen LogP contribution >= 0.6 is 0 Å². The van der Waals surface area contributed by atoms with Gasteiger partial charge in [0.05, 0.1) is 6.04 Å². The van der Waals surface area contributed by atoms with Crippen LogP contribution in [0.2, 0.25) is 0 Å². The number of carbonyl (C=O) groups excluding carboxylic acids is 1. The minimum absolute atomic E-state index is 0.0904. The van der Waals surface area contributed by atoms with Crippen molar-refractivity contribution in [1.29, 1.82) is 0 Å². The normalized spacial score (nSPS) is 12.1. The molecule has 128 valence electrons. The third-order valence-corrected chi connectivity index (χ3v) is 4.29. The van der Waals surface area contributed by atoms with Gasteiger partial charge in [-0.25, -0.2) is 4.79 Å². The predicted molar refractivity (Wildman–Crippen MR) is 104 cm³/mol. The number of rotatable bonds is 5. The molecule has 2 amide bonds. The molecule has 0 aliphatic heterocycles. The van der Waals surface area contributed by atoms with E-state index in [4.69, 9.17) is 0 Å². The van der Waals surface area contributed by atoms with Gasteiger partial charge in [-0.3, -0.25) is 0 Å². The van der Waals surface area contributed by atoms with Crippen molar-refractivity contribution in [2.24, 2.45) is 0 Å². The SMILES string of the molecule is CN(C)[C@@H](CNC(=O)Nc1ccccc1)c1cccc2ccccc12. The van der Waals surface area contributed by atoms with Gasteiger partial charge in [0.15, 0.2) is 0 Å². The van der Waals surface area contributed by atoms with Crippen LogP contribution in [0.3, 0.4) is 0 Å². The Morgan fingerprint density at radius 1 is 0.920 bits per heavy atom. The second kappa shape index (κ2) is 7.81. The van der Waals surface area contributed by atoms with Gasteiger partial charge >= 0.3 is 6.03 Å². The first-order valence-corrected chi connectivity index (χ1v) is 8.39. The van der Waals surface area contributed by atoms with E-state index in [1.807, 2.05) is 56.6 Å². The Hall–Kier alpha value is -2.85. The molecule has 0 saturated carbocycles. The van der Waals surface area contributed by atoms with E-state index in [9.17, 15) is 4.79 Å². The molecule has 0 fully saturated rings. The van der Waals surface area contributed by atoms with Crippen molar-refractivity contribution in [3.05, 3.63) is 78.4 Å². The lowest BCUT2D eigenvalue weighted by atomic mass is 9.98. The van der Waals surface area contributed by atoms with E-state index in [0.717, 1.165) is 5.69 Å². The van der Waals surface area contributed by atoms with E-state index in [1.54, 1.807) is 0 Å². The summed E-state index contributed by atoms with van der Waals surface area (Å²) in [5.74, 6) is 0. The van der Waals surface area contributed by atoms with Gasteiger partial charge in [0, 0.05) is 12.2 Å². The number of benzene rings is 3. The van der Waals surface area contributed by atoms with Gasteiger partial charge in [0.25, 0.3) is 0 Å². The van der Waals surface area contributed by atoms with Crippen molar-refractivity contribution < 1.29 is 4.79 Å². The van der Waals surface area contributed by atoms with Gasteiger partial charge in [0.1, 0.15) is 0 Å². The van der Waals surface area contributed by atoms with Crippen LogP contribution in [0.4, 0.5) is 10.5 Å². The summed E-state index contributed by atoms with van der Waals surface area (Å²) in [5, 5.41) is 8.27. The summed E-state index contributed by atoms with van der Waals surface area (Å²) >= 11 is 0. The van der Waals surface area contributed by atoms with Gasteiger partial charge in [0.2, 0.25) is 0 Å². The number of anilines is 1. The van der Waals surface area contributed by atoms with Crippen molar-refractivity contribution in [3.8, 4) is 0 Å². The first-order valence-electron chi connectivity index (χ1n) is 8.39. The highest BCUT2D eigenvalue weighted by Gasteiger charge is 2.17. The van der Waals surface area contributed by atoms with Crippen molar-refractivity contribution in [1.82, 2.24) is 10.2 Å². The first-order chi connectivity index (χ1) is 12.1. The molecular weight excluding hydrogens is 310 g/mol. The third-order valence-electron chi connectivity index (χ3n) is 4.29. The first kappa shape index (κ1) is 17.0. The van der Waals surface area contributed by atoms with Crippen LogP contribution in [-0.2, 0) is 0 Å². The molecule has 3 aromatic carbocycles. The largest absolute Gasteiger partial charge is 0.336 e. The monoisotopic (exact) mass is 333 g/mol. The molecule has 0 unspecified atom stereocenters. The van der Waals surface area contributed by atoms with Gasteiger partial charge in [-0.15, -0.1) is 0 Å². The zero-order valence-electron chi connectivity index (χ0n) is 14.6. The van der Waals surface area contributed by atoms with Crippen molar-refractivity contribution in [3.63, 3.8) is 0 Å². The standard InChI is InChI=1S/C21H23N3O/c1-24(2)20(15-22-21(25)23-17-11-4-3-5-12-17)19-14-8-10-16-9-6-7-13-18(16)19/h3-14,20H,15H2,1-2H3,(H2,22,23,25)/t20-/m0/s1. The zero-order chi connectivity index (χ0) is 17.6. The molecule has 4 heteroatoms. The Balaban J connectivity index is 1.74. The van der Waals surface area contributed by atoms with E-state index in [0.29, 0.717) is 6.54 Å². The van der Waals surface area contributed by atoms with Crippen LogP contribution < -0.4 is 10.6 Å². The molecular formula is C21H23N3O. The van der Waals surface area contributed by atoms with Gasteiger partial charge in [-0.05, 0) is 42.6 Å². The number of fused-ring (bicyclic) bond motifs is 1. The fraction of sp³-hybridized carbons (Fsp3) is 0.190. The smallest absolute Gasteiger partial charge is 0.319 e. The molecule has 0 aliphatic carbocycles. The molecule has 1 atom stereocenters. The maximum absolute atomic E-state index is 12.2. The highest BCUT2D eigenvalue weighted by molar-refractivity contribution is 5.89. The number of nitrogens with zero attached hydrogens (tertiary/aromatic N) is 1. The third kappa shape index (κ3) is 4.17. The number of hydrogen-bond acceptors (Lipinski definition) is 2. The Kier molecular flexibility index (Phi) is 5.31. The second-order valence-corrected chi connectivity index (χ2v) is 6.25. The number of para-hydroxylation sites is 1. The van der Waals surface area contributed by atoms with Crippen molar-refractivity contribution >= 4 is 22.5 Å². The number of carbonyl (C=O) groups is 1. The van der Waals surface area contributed by atoms with Gasteiger partial charge in [-0.1, -0.05) is 60.7 Å². The van der Waals surface area contributed by atoms with E-state index in [2.05, 4.69) is 45.9 Å². The zero-order valence-corrected chi connectivity index (χ0v) is 14.6. The van der Waals surface area contributed by atoms with E-state index in [-0.39, 0.29) is 12.1 Å². The molecule has 0 spiro atoms. The van der Waals surface area contributed by atoms with Crippen LogP contribution in [-0.4, -0.2) is 31.6 Å². The number of urea groups is 1. The number of nitrogens with one attached hydrogen (secondary N) is 2. The molecule has 4 nitrogen and oxygen atoms in total. The van der Waals surface area contributed by atoms with Crippen LogP contribution in [0.5, 0.6) is 0 Å². The molecule has 2 N–H and O–H groups in total. The summed E-state index contributed by atoms with van der Waals surface area (Å²) in [6.07, 6.45) is 0. The summed E-state index contributed by atoms with van der Waals surface area (Å²) in [6.45, 7) is 0.527. The predicted octanol–water partition coefficient (Wildman–Crippen LogP) is 4.26. The molecule has 0 aliphatic rings. The molecule has 0 saturated heterocycles. The number of amides is 2. The Labute approximate surface area is 148 Å². The minimum atomic E-state index is -0.196. The van der Waals surface area contributed by atoms with Crippen LogP contribution in [0.25, 0.3) is 10.8 Å². The topological polar surface area (TPSA) is 44.4 Å². The molecule has 3 rings (SSSR count). The highest BCUT2D eigenvalue weighted by atomic mass is 16.2. The fourth-order valence-electron chi connectivity index (χ4n) is 3.00.